The Bertz CT molecular complexity index is 388. The van der Waals surface area contributed by atoms with E-state index in [0.29, 0.717) is 12.1 Å². The lowest BCUT2D eigenvalue weighted by Gasteiger charge is -2.37. The van der Waals surface area contributed by atoms with Gasteiger partial charge in [0.1, 0.15) is 5.82 Å². The van der Waals surface area contributed by atoms with Gasteiger partial charge in [-0.15, -0.1) is 0 Å². The molecule has 2 rings (SSSR count). The van der Waals surface area contributed by atoms with E-state index in [1.807, 2.05) is 6.07 Å². The fourth-order valence-corrected chi connectivity index (χ4v) is 3.14. The van der Waals surface area contributed by atoms with Crippen molar-refractivity contribution in [2.24, 2.45) is 5.73 Å². The number of rotatable bonds is 2. The molecular weight excluding hydrogens is 237 g/mol. The summed E-state index contributed by atoms with van der Waals surface area (Å²) in [5.41, 5.74) is 7.72. The van der Waals surface area contributed by atoms with E-state index in [1.165, 1.54) is 19.3 Å². The van der Waals surface area contributed by atoms with E-state index in [-0.39, 0.29) is 16.3 Å². The molecule has 0 unspecified atom stereocenters. The first-order chi connectivity index (χ1) is 8.09. The van der Waals surface area contributed by atoms with E-state index >= 15 is 0 Å². The molecule has 94 valence electrons. The fourth-order valence-electron chi connectivity index (χ4n) is 2.87. The van der Waals surface area contributed by atoms with Crippen LogP contribution in [0.25, 0.3) is 0 Å². The van der Waals surface area contributed by atoms with E-state index in [1.54, 1.807) is 13.0 Å². The third-order valence-corrected chi connectivity index (χ3v) is 4.30. The second-order valence-corrected chi connectivity index (χ2v) is 5.54. The van der Waals surface area contributed by atoms with Gasteiger partial charge in [0.05, 0.1) is 5.02 Å². The summed E-state index contributed by atoms with van der Waals surface area (Å²) >= 11 is 5.94. The second-order valence-electron chi connectivity index (χ2n) is 5.13. The second kappa shape index (κ2) is 4.95. The van der Waals surface area contributed by atoms with Crippen LogP contribution in [0, 0.1) is 12.7 Å². The Morgan fingerprint density at radius 3 is 2.47 bits per heavy atom. The van der Waals surface area contributed by atoms with Gasteiger partial charge < -0.3 is 5.73 Å². The molecule has 0 spiro atoms. The zero-order chi connectivity index (χ0) is 12.5. The largest absolute Gasteiger partial charge is 0.330 e. The molecule has 3 heteroatoms. The van der Waals surface area contributed by atoms with Crippen molar-refractivity contribution in [1.82, 2.24) is 0 Å². The van der Waals surface area contributed by atoms with E-state index in [0.717, 1.165) is 18.4 Å². The summed E-state index contributed by atoms with van der Waals surface area (Å²) < 4.78 is 13.5. The summed E-state index contributed by atoms with van der Waals surface area (Å²) in [5, 5.41) is 0.221. The Labute approximate surface area is 107 Å². The van der Waals surface area contributed by atoms with E-state index in [4.69, 9.17) is 17.3 Å². The van der Waals surface area contributed by atoms with Crippen molar-refractivity contribution >= 4 is 11.6 Å². The number of hydrogen-bond donors (Lipinski definition) is 1. The van der Waals surface area contributed by atoms with Gasteiger partial charge in [0.15, 0.2) is 0 Å². The smallest absolute Gasteiger partial charge is 0.144 e. The van der Waals surface area contributed by atoms with Crippen molar-refractivity contribution in [3.05, 3.63) is 34.1 Å². The van der Waals surface area contributed by atoms with Crippen molar-refractivity contribution in [3.8, 4) is 0 Å². The Balaban J connectivity index is 2.43. The molecule has 1 aliphatic carbocycles. The third kappa shape index (κ3) is 2.34. The van der Waals surface area contributed by atoms with Crippen molar-refractivity contribution < 1.29 is 4.39 Å². The van der Waals surface area contributed by atoms with E-state index < -0.39 is 0 Å². The maximum absolute atomic E-state index is 13.5. The molecule has 0 bridgehead atoms. The lowest BCUT2D eigenvalue weighted by molar-refractivity contribution is 0.300. The van der Waals surface area contributed by atoms with Crippen LogP contribution in [-0.4, -0.2) is 6.54 Å². The topological polar surface area (TPSA) is 26.0 Å². The summed E-state index contributed by atoms with van der Waals surface area (Å²) in [6.07, 6.45) is 5.85. The van der Waals surface area contributed by atoms with Crippen LogP contribution in [0.2, 0.25) is 5.02 Å². The highest BCUT2D eigenvalue weighted by atomic mass is 35.5. The summed E-state index contributed by atoms with van der Waals surface area (Å²) in [6, 6.07) is 3.68. The Kier molecular flexibility index (Phi) is 3.74. The predicted molar refractivity (Wildman–Crippen MR) is 70.0 cm³/mol. The highest BCUT2D eigenvalue weighted by Gasteiger charge is 2.33. The predicted octanol–water partition coefficient (Wildman–Crippen LogP) is 3.95. The van der Waals surface area contributed by atoms with Crippen LogP contribution >= 0.6 is 11.6 Å². The first-order valence-electron chi connectivity index (χ1n) is 6.25. The molecule has 1 saturated carbocycles. The highest BCUT2D eigenvalue weighted by Crippen LogP contribution is 2.40. The first kappa shape index (κ1) is 12.8. The summed E-state index contributed by atoms with van der Waals surface area (Å²) in [6.45, 7) is 2.38. The van der Waals surface area contributed by atoms with Gasteiger partial charge in [0.2, 0.25) is 0 Å². The van der Waals surface area contributed by atoms with Crippen molar-refractivity contribution in [2.45, 2.75) is 44.4 Å². The number of halogens is 2. The molecule has 0 aromatic heterocycles. The van der Waals surface area contributed by atoms with Gasteiger partial charge >= 0.3 is 0 Å². The molecule has 1 nitrogen and oxygen atoms in total. The average molecular weight is 256 g/mol. The normalized spacial score (nSPS) is 19.3. The Hall–Kier alpha value is -0.600. The molecule has 0 amide bonds. The average Bonchev–Trinajstić information content (AvgIpc) is 2.36. The molecule has 2 N–H and O–H groups in total. The van der Waals surface area contributed by atoms with Crippen LogP contribution in [0.1, 0.15) is 43.2 Å². The van der Waals surface area contributed by atoms with Gasteiger partial charge in [0.25, 0.3) is 0 Å². The molecule has 1 aromatic rings. The van der Waals surface area contributed by atoms with E-state index in [9.17, 15) is 4.39 Å². The van der Waals surface area contributed by atoms with Gasteiger partial charge in [-0.3, -0.25) is 0 Å². The van der Waals surface area contributed by atoms with Crippen molar-refractivity contribution in [1.29, 1.82) is 0 Å². The van der Waals surface area contributed by atoms with Crippen LogP contribution in [-0.2, 0) is 5.41 Å². The number of nitrogens with two attached hydrogens (primary N) is 1. The molecule has 1 aromatic carbocycles. The van der Waals surface area contributed by atoms with Crippen LogP contribution in [0.3, 0.4) is 0 Å². The van der Waals surface area contributed by atoms with Crippen LogP contribution in [0.5, 0.6) is 0 Å². The molecule has 1 fully saturated rings. The SMILES string of the molecule is Cc1cc(C2(CN)CCCCC2)cc(Cl)c1F. The Morgan fingerprint density at radius 2 is 1.94 bits per heavy atom. The minimum absolute atomic E-state index is 0.0142. The summed E-state index contributed by atoms with van der Waals surface area (Å²) in [5.74, 6) is -0.307. The van der Waals surface area contributed by atoms with Gasteiger partial charge in [-0.05, 0) is 37.0 Å². The zero-order valence-electron chi connectivity index (χ0n) is 10.2. The van der Waals surface area contributed by atoms with Crippen molar-refractivity contribution in [3.63, 3.8) is 0 Å². The first-order valence-corrected chi connectivity index (χ1v) is 6.63. The molecular formula is C14H19ClFN. The maximum Gasteiger partial charge on any atom is 0.144 e. The molecule has 0 atom stereocenters. The standard InChI is InChI=1S/C14H19ClFN/c1-10-7-11(8-12(15)13(10)16)14(9-17)5-3-2-4-6-14/h7-8H,2-6,9,17H2,1H3. The summed E-state index contributed by atoms with van der Waals surface area (Å²) in [7, 11) is 0. The third-order valence-electron chi connectivity index (χ3n) is 4.02. The summed E-state index contributed by atoms with van der Waals surface area (Å²) in [4.78, 5) is 0. The lowest BCUT2D eigenvalue weighted by Crippen LogP contribution is -2.37. The minimum atomic E-state index is -0.307. The lowest BCUT2D eigenvalue weighted by atomic mass is 9.69. The number of benzene rings is 1. The number of hydrogen-bond acceptors (Lipinski definition) is 1. The molecule has 1 aliphatic rings. The van der Waals surface area contributed by atoms with Crippen LogP contribution in [0.4, 0.5) is 4.39 Å². The van der Waals surface area contributed by atoms with Crippen molar-refractivity contribution in [2.75, 3.05) is 6.54 Å². The molecule has 17 heavy (non-hydrogen) atoms. The molecule has 0 radical (unpaired) electrons. The zero-order valence-corrected chi connectivity index (χ0v) is 11.0. The molecule has 0 heterocycles. The van der Waals surface area contributed by atoms with Gasteiger partial charge in [-0.2, -0.15) is 0 Å². The van der Waals surface area contributed by atoms with Crippen LogP contribution in [0.15, 0.2) is 12.1 Å². The minimum Gasteiger partial charge on any atom is -0.330 e. The van der Waals surface area contributed by atoms with Gasteiger partial charge in [0, 0.05) is 12.0 Å². The maximum atomic E-state index is 13.5. The van der Waals surface area contributed by atoms with Gasteiger partial charge in [-0.25, -0.2) is 4.39 Å². The Morgan fingerprint density at radius 1 is 1.29 bits per heavy atom. The molecule has 0 aliphatic heterocycles. The van der Waals surface area contributed by atoms with Crippen LogP contribution < -0.4 is 5.73 Å². The monoisotopic (exact) mass is 255 g/mol. The van der Waals surface area contributed by atoms with Gasteiger partial charge in [-0.1, -0.05) is 36.9 Å². The van der Waals surface area contributed by atoms with E-state index in [2.05, 4.69) is 0 Å². The fraction of sp³-hybridized carbons (Fsp3) is 0.571. The number of aryl methyl sites for hydroxylation is 1. The molecule has 0 saturated heterocycles. The highest BCUT2D eigenvalue weighted by molar-refractivity contribution is 6.30. The quantitative estimate of drug-likeness (QED) is 0.851.